The van der Waals surface area contributed by atoms with Gasteiger partial charge < -0.3 is 9.73 Å². The van der Waals surface area contributed by atoms with Crippen LogP contribution in [0, 0.1) is 6.92 Å². The molecule has 2 heterocycles. The van der Waals surface area contributed by atoms with Crippen LogP contribution in [0.4, 0.5) is 5.69 Å². The maximum Gasteiger partial charge on any atom is 0.262 e. The number of nitrogens with zero attached hydrogens (tertiary/aromatic N) is 2. The van der Waals surface area contributed by atoms with Crippen LogP contribution >= 0.6 is 27.7 Å². The van der Waals surface area contributed by atoms with Crippen LogP contribution in [0.1, 0.15) is 11.3 Å². The molecule has 2 aromatic heterocycles. The predicted octanol–water partition coefficient (Wildman–Crippen LogP) is 4.84. The van der Waals surface area contributed by atoms with Crippen LogP contribution in [0.5, 0.6) is 0 Å². The number of benzene rings is 2. The summed E-state index contributed by atoms with van der Waals surface area (Å²) in [7, 11) is 0. The van der Waals surface area contributed by atoms with Gasteiger partial charge in [0.05, 0.1) is 35.2 Å². The molecule has 0 aliphatic heterocycles. The molecule has 4 aromatic rings. The Morgan fingerprint density at radius 1 is 1.20 bits per heavy atom. The maximum atomic E-state index is 13.0. The molecular weight excluding hydrogens is 466 g/mol. The number of fused-ring (bicyclic) bond motifs is 1. The van der Waals surface area contributed by atoms with Gasteiger partial charge in [-0.25, -0.2) is 4.98 Å². The van der Waals surface area contributed by atoms with Crippen LogP contribution in [0.3, 0.4) is 0 Å². The standard InChI is InChI=1S/C22H18BrN3O3S/c1-14-8-9-19(17(23)11-14)24-20(27)13-30-22-25-18-7-3-2-6-16(18)21(28)26(22)12-15-5-4-10-29-15/h2-11H,12-13H2,1H3,(H,24,27). The topological polar surface area (TPSA) is 77.1 Å². The van der Waals surface area contributed by atoms with Crippen molar-refractivity contribution in [3.8, 4) is 0 Å². The monoisotopic (exact) mass is 483 g/mol. The highest BCUT2D eigenvalue weighted by molar-refractivity contribution is 9.10. The van der Waals surface area contributed by atoms with E-state index in [4.69, 9.17) is 4.42 Å². The van der Waals surface area contributed by atoms with Crippen LogP contribution < -0.4 is 10.9 Å². The van der Waals surface area contributed by atoms with Gasteiger partial charge in [0.2, 0.25) is 5.91 Å². The molecule has 1 N–H and O–H groups in total. The zero-order valence-electron chi connectivity index (χ0n) is 16.1. The number of hydrogen-bond donors (Lipinski definition) is 1. The molecule has 2 aromatic carbocycles. The Morgan fingerprint density at radius 3 is 2.80 bits per heavy atom. The molecule has 0 saturated heterocycles. The van der Waals surface area contributed by atoms with Gasteiger partial charge in [-0.2, -0.15) is 0 Å². The SMILES string of the molecule is Cc1ccc(NC(=O)CSc2nc3ccccc3c(=O)n2Cc2ccco2)c(Br)c1. The second-order valence-corrected chi connectivity index (χ2v) is 8.50. The average molecular weight is 484 g/mol. The molecule has 0 bridgehead atoms. The lowest BCUT2D eigenvalue weighted by Crippen LogP contribution is -2.24. The number of aromatic nitrogens is 2. The molecule has 0 aliphatic rings. The number of para-hydroxylation sites is 1. The molecule has 0 saturated carbocycles. The van der Waals surface area contributed by atoms with Crippen molar-refractivity contribution >= 4 is 50.2 Å². The maximum absolute atomic E-state index is 13.0. The Hall–Kier alpha value is -2.84. The third-order valence-corrected chi connectivity index (χ3v) is 6.08. The van der Waals surface area contributed by atoms with E-state index in [2.05, 4.69) is 26.2 Å². The number of rotatable bonds is 6. The first-order valence-electron chi connectivity index (χ1n) is 9.22. The molecule has 0 radical (unpaired) electrons. The van der Waals surface area contributed by atoms with E-state index in [1.165, 1.54) is 11.8 Å². The fourth-order valence-electron chi connectivity index (χ4n) is 2.99. The second-order valence-electron chi connectivity index (χ2n) is 6.70. The van der Waals surface area contributed by atoms with Crippen LogP contribution in [-0.4, -0.2) is 21.2 Å². The molecule has 0 unspecified atom stereocenters. The third kappa shape index (κ3) is 4.49. The predicted molar refractivity (Wildman–Crippen MR) is 122 cm³/mol. The average Bonchev–Trinajstić information content (AvgIpc) is 3.24. The minimum Gasteiger partial charge on any atom is -0.467 e. The van der Waals surface area contributed by atoms with Crippen molar-refractivity contribution in [2.75, 3.05) is 11.1 Å². The van der Waals surface area contributed by atoms with Gasteiger partial charge in [-0.3, -0.25) is 14.2 Å². The van der Waals surface area contributed by atoms with Crippen molar-refractivity contribution in [2.45, 2.75) is 18.6 Å². The summed E-state index contributed by atoms with van der Waals surface area (Å²) < 4.78 is 7.77. The summed E-state index contributed by atoms with van der Waals surface area (Å²) in [5, 5.41) is 3.88. The van der Waals surface area contributed by atoms with Crippen LogP contribution in [0.15, 0.2) is 79.7 Å². The van der Waals surface area contributed by atoms with Crippen molar-refractivity contribution in [3.05, 3.63) is 87.0 Å². The van der Waals surface area contributed by atoms with Crippen LogP contribution in [-0.2, 0) is 11.3 Å². The molecule has 152 valence electrons. The van der Waals surface area contributed by atoms with Crippen molar-refractivity contribution in [3.63, 3.8) is 0 Å². The van der Waals surface area contributed by atoms with Gasteiger partial charge in [0, 0.05) is 4.47 Å². The quantitative estimate of drug-likeness (QED) is 0.313. The second kappa shape index (κ2) is 8.89. The van der Waals surface area contributed by atoms with E-state index >= 15 is 0 Å². The Morgan fingerprint density at radius 2 is 2.03 bits per heavy atom. The number of anilines is 1. The van der Waals surface area contributed by atoms with E-state index in [1.807, 2.05) is 37.3 Å². The van der Waals surface area contributed by atoms with Gasteiger partial charge in [-0.1, -0.05) is 30.0 Å². The molecular formula is C22H18BrN3O3S. The van der Waals surface area contributed by atoms with E-state index in [0.717, 1.165) is 10.0 Å². The van der Waals surface area contributed by atoms with Gasteiger partial charge in [0.15, 0.2) is 5.16 Å². The molecule has 0 spiro atoms. The molecule has 30 heavy (non-hydrogen) atoms. The number of nitrogens with one attached hydrogen (secondary N) is 1. The lowest BCUT2D eigenvalue weighted by molar-refractivity contribution is -0.113. The molecule has 0 aliphatic carbocycles. The van der Waals surface area contributed by atoms with Crippen molar-refractivity contribution < 1.29 is 9.21 Å². The zero-order chi connectivity index (χ0) is 21.1. The van der Waals surface area contributed by atoms with E-state index in [-0.39, 0.29) is 23.8 Å². The third-order valence-electron chi connectivity index (χ3n) is 4.45. The summed E-state index contributed by atoms with van der Waals surface area (Å²) in [6.45, 7) is 2.23. The van der Waals surface area contributed by atoms with Gasteiger partial charge in [0.25, 0.3) is 5.56 Å². The van der Waals surface area contributed by atoms with Gasteiger partial charge in [-0.15, -0.1) is 0 Å². The summed E-state index contributed by atoms with van der Waals surface area (Å²) in [6.07, 6.45) is 1.56. The smallest absolute Gasteiger partial charge is 0.262 e. The van der Waals surface area contributed by atoms with Crippen molar-refractivity contribution in [1.29, 1.82) is 0 Å². The summed E-state index contributed by atoms with van der Waals surface area (Å²) >= 11 is 4.68. The van der Waals surface area contributed by atoms with Gasteiger partial charge in [-0.05, 0) is 64.8 Å². The van der Waals surface area contributed by atoms with Crippen LogP contribution in [0.25, 0.3) is 10.9 Å². The highest BCUT2D eigenvalue weighted by atomic mass is 79.9. The zero-order valence-corrected chi connectivity index (χ0v) is 18.5. The highest BCUT2D eigenvalue weighted by Gasteiger charge is 2.15. The summed E-state index contributed by atoms with van der Waals surface area (Å²) in [4.78, 5) is 30.2. The van der Waals surface area contributed by atoms with Crippen molar-refractivity contribution in [2.24, 2.45) is 0 Å². The fraction of sp³-hybridized carbons (Fsp3) is 0.136. The first kappa shape index (κ1) is 20.4. The van der Waals surface area contributed by atoms with E-state index < -0.39 is 0 Å². The first-order valence-corrected chi connectivity index (χ1v) is 11.0. The molecule has 8 heteroatoms. The highest BCUT2D eigenvalue weighted by Crippen LogP contribution is 2.24. The Bertz CT molecular complexity index is 1270. The molecule has 0 fully saturated rings. The summed E-state index contributed by atoms with van der Waals surface area (Å²) in [5.41, 5.74) is 2.23. The molecule has 6 nitrogen and oxygen atoms in total. The summed E-state index contributed by atoms with van der Waals surface area (Å²) in [5.74, 6) is 0.573. The Kier molecular flexibility index (Phi) is 6.06. The van der Waals surface area contributed by atoms with Gasteiger partial charge in [0.1, 0.15) is 5.76 Å². The number of furan rings is 1. The molecule has 1 amide bonds. The Balaban J connectivity index is 1.59. The van der Waals surface area contributed by atoms with E-state index in [0.29, 0.717) is 27.5 Å². The number of aryl methyl sites for hydroxylation is 1. The van der Waals surface area contributed by atoms with Gasteiger partial charge >= 0.3 is 0 Å². The number of carbonyl (C=O) groups is 1. The number of carbonyl (C=O) groups excluding carboxylic acids is 1. The minimum atomic E-state index is -0.184. The lowest BCUT2D eigenvalue weighted by atomic mass is 10.2. The fourth-order valence-corrected chi connectivity index (χ4v) is 4.38. The summed E-state index contributed by atoms with van der Waals surface area (Å²) in [6, 6.07) is 16.5. The van der Waals surface area contributed by atoms with Crippen molar-refractivity contribution in [1.82, 2.24) is 9.55 Å². The number of thioether (sulfide) groups is 1. The number of hydrogen-bond acceptors (Lipinski definition) is 5. The molecule has 4 rings (SSSR count). The number of halogens is 1. The molecule has 0 atom stereocenters. The van der Waals surface area contributed by atoms with E-state index in [1.54, 1.807) is 35.1 Å². The lowest BCUT2D eigenvalue weighted by Gasteiger charge is -2.12. The van der Waals surface area contributed by atoms with Crippen LogP contribution in [0.2, 0.25) is 0 Å². The minimum absolute atomic E-state index is 0.114. The Labute approximate surface area is 185 Å². The first-order chi connectivity index (χ1) is 14.5. The normalized spacial score (nSPS) is 11.0. The largest absolute Gasteiger partial charge is 0.467 e. The number of amides is 1. The van der Waals surface area contributed by atoms with E-state index in [9.17, 15) is 9.59 Å².